The first-order chi connectivity index (χ1) is 9.74. The van der Waals surface area contributed by atoms with Crippen molar-refractivity contribution in [3.63, 3.8) is 0 Å². The standard InChI is InChI=1S/C18H24Br2/c19-12-18(13-20,10-14-4-2-1-3-5-14)11-17-9-15-6-7-16(17)8-15/h1-5,15-17H,6-13H2. The van der Waals surface area contributed by atoms with Crippen molar-refractivity contribution in [2.24, 2.45) is 23.2 Å². The molecule has 110 valence electrons. The fourth-order valence-corrected chi connectivity index (χ4v) is 6.31. The van der Waals surface area contributed by atoms with Gasteiger partial charge in [0, 0.05) is 10.7 Å². The van der Waals surface area contributed by atoms with Crippen molar-refractivity contribution >= 4 is 31.9 Å². The zero-order valence-electron chi connectivity index (χ0n) is 12.0. The summed E-state index contributed by atoms with van der Waals surface area (Å²) in [6, 6.07) is 11.0. The Kier molecular flexibility index (Phi) is 4.92. The molecular weight excluding hydrogens is 376 g/mol. The van der Waals surface area contributed by atoms with Crippen molar-refractivity contribution < 1.29 is 0 Å². The molecule has 20 heavy (non-hydrogen) atoms. The smallest absolute Gasteiger partial charge is 0.00992 e. The first-order valence-corrected chi connectivity index (χ1v) is 10.1. The molecule has 0 heterocycles. The highest BCUT2D eigenvalue weighted by Gasteiger charge is 2.43. The minimum Gasteiger partial charge on any atom is -0.0922 e. The molecule has 2 heteroatoms. The van der Waals surface area contributed by atoms with Crippen LogP contribution in [0.25, 0.3) is 0 Å². The van der Waals surface area contributed by atoms with Crippen LogP contribution in [0.15, 0.2) is 30.3 Å². The molecule has 0 radical (unpaired) electrons. The van der Waals surface area contributed by atoms with Gasteiger partial charge in [-0.1, -0.05) is 68.6 Å². The van der Waals surface area contributed by atoms with Gasteiger partial charge >= 0.3 is 0 Å². The summed E-state index contributed by atoms with van der Waals surface area (Å²) in [5.41, 5.74) is 1.87. The van der Waals surface area contributed by atoms with Crippen LogP contribution in [0.3, 0.4) is 0 Å². The Hall–Kier alpha value is 0.180. The van der Waals surface area contributed by atoms with Crippen LogP contribution >= 0.6 is 31.9 Å². The first-order valence-electron chi connectivity index (χ1n) is 7.90. The van der Waals surface area contributed by atoms with Crippen molar-refractivity contribution in [1.82, 2.24) is 0 Å². The Balaban J connectivity index is 1.70. The number of rotatable bonds is 6. The molecule has 2 saturated carbocycles. The number of benzene rings is 1. The summed E-state index contributed by atoms with van der Waals surface area (Å²) in [6.07, 6.45) is 8.62. The summed E-state index contributed by atoms with van der Waals surface area (Å²) in [4.78, 5) is 0. The van der Waals surface area contributed by atoms with Crippen LogP contribution in [-0.4, -0.2) is 10.7 Å². The third-order valence-corrected chi connectivity index (χ3v) is 7.95. The van der Waals surface area contributed by atoms with E-state index >= 15 is 0 Å². The normalized spacial score (nSPS) is 29.0. The molecule has 0 N–H and O–H groups in total. The lowest BCUT2D eigenvalue weighted by Crippen LogP contribution is -2.32. The van der Waals surface area contributed by atoms with Crippen molar-refractivity contribution in [2.45, 2.75) is 38.5 Å². The molecule has 0 saturated heterocycles. The van der Waals surface area contributed by atoms with Crippen LogP contribution in [-0.2, 0) is 6.42 Å². The highest BCUT2D eigenvalue weighted by atomic mass is 79.9. The SMILES string of the molecule is BrCC(CBr)(Cc1ccccc1)CC1CC2CCC1C2. The van der Waals surface area contributed by atoms with E-state index in [0.29, 0.717) is 5.41 Å². The molecular formula is C18H24Br2. The van der Waals surface area contributed by atoms with Gasteiger partial charge in [0.15, 0.2) is 0 Å². The molecule has 1 aromatic carbocycles. The number of hydrogen-bond acceptors (Lipinski definition) is 0. The average Bonchev–Trinajstić information content (AvgIpc) is 3.10. The van der Waals surface area contributed by atoms with E-state index in [1.54, 1.807) is 0 Å². The molecule has 2 aliphatic carbocycles. The van der Waals surface area contributed by atoms with Crippen molar-refractivity contribution in [3.8, 4) is 0 Å². The van der Waals surface area contributed by atoms with Gasteiger partial charge in [0.05, 0.1) is 0 Å². The quantitative estimate of drug-likeness (QED) is 0.527. The van der Waals surface area contributed by atoms with Crippen LogP contribution in [0.1, 0.15) is 37.7 Å². The number of alkyl halides is 2. The molecule has 0 aromatic heterocycles. The Bertz CT molecular complexity index is 424. The van der Waals surface area contributed by atoms with Gasteiger partial charge in [-0.15, -0.1) is 0 Å². The zero-order valence-corrected chi connectivity index (χ0v) is 15.2. The molecule has 0 nitrogen and oxygen atoms in total. The van der Waals surface area contributed by atoms with Crippen LogP contribution in [0.2, 0.25) is 0 Å². The topological polar surface area (TPSA) is 0 Å². The number of fused-ring (bicyclic) bond motifs is 2. The lowest BCUT2D eigenvalue weighted by Gasteiger charge is -2.36. The maximum Gasteiger partial charge on any atom is 0.00992 e. The first kappa shape index (κ1) is 15.1. The van der Waals surface area contributed by atoms with Gasteiger partial charge in [-0.05, 0) is 60.8 Å². The summed E-state index contributed by atoms with van der Waals surface area (Å²) < 4.78 is 0. The van der Waals surface area contributed by atoms with E-state index in [1.807, 2.05) is 0 Å². The van der Waals surface area contributed by atoms with E-state index in [-0.39, 0.29) is 0 Å². The van der Waals surface area contributed by atoms with Gasteiger partial charge in [-0.2, -0.15) is 0 Å². The van der Waals surface area contributed by atoms with Gasteiger partial charge in [-0.3, -0.25) is 0 Å². The molecule has 2 aliphatic rings. The van der Waals surface area contributed by atoms with Crippen molar-refractivity contribution in [1.29, 1.82) is 0 Å². The maximum absolute atomic E-state index is 3.82. The van der Waals surface area contributed by atoms with Gasteiger partial charge in [0.1, 0.15) is 0 Å². The van der Waals surface area contributed by atoms with Crippen molar-refractivity contribution in [3.05, 3.63) is 35.9 Å². The Morgan fingerprint density at radius 2 is 1.75 bits per heavy atom. The highest BCUT2D eigenvalue weighted by Crippen LogP contribution is 2.52. The van der Waals surface area contributed by atoms with Gasteiger partial charge < -0.3 is 0 Å². The number of hydrogen-bond donors (Lipinski definition) is 0. The fourth-order valence-electron chi connectivity index (χ4n) is 4.52. The highest BCUT2D eigenvalue weighted by molar-refractivity contribution is 9.09. The third kappa shape index (κ3) is 3.16. The molecule has 1 aromatic rings. The van der Waals surface area contributed by atoms with E-state index in [0.717, 1.165) is 28.4 Å². The minimum absolute atomic E-state index is 0.385. The molecule has 0 aliphatic heterocycles. The summed E-state index contributed by atoms with van der Waals surface area (Å²) in [7, 11) is 0. The Morgan fingerprint density at radius 1 is 1.00 bits per heavy atom. The summed E-state index contributed by atoms with van der Waals surface area (Å²) in [5, 5.41) is 2.21. The summed E-state index contributed by atoms with van der Waals surface area (Å²) in [6.45, 7) is 0. The van der Waals surface area contributed by atoms with E-state index in [9.17, 15) is 0 Å². The Labute approximate surface area is 140 Å². The molecule has 0 spiro atoms. The molecule has 2 fully saturated rings. The Morgan fingerprint density at radius 3 is 2.30 bits per heavy atom. The molecule has 3 atom stereocenters. The van der Waals surface area contributed by atoms with E-state index in [4.69, 9.17) is 0 Å². The van der Waals surface area contributed by atoms with Gasteiger partial charge in [0.25, 0.3) is 0 Å². The molecule has 2 bridgehead atoms. The summed E-state index contributed by atoms with van der Waals surface area (Å²) >= 11 is 7.64. The van der Waals surface area contributed by atoms with E-state index in [2.05, 4.69) is 62.2 Å². The second-order valence-corrected chi connectivity index (χ2v) is 8.19. The maximum atomic E-state index is 3.82. The monoisotopic (exact) mass is 398 g/mol. The second kappa shape index (κ2) is 6.52. The van der Waals surface area contributed by atoms with Crippen LogP contribution < -0.4 is 0 Å². The van der Waals surface area contributed by atoms with Crippen LogP contribution in [0, 0.1) is 23.2 Å². The third-order valence-electron chi connectivity index (χ3n) is 5.57. The average molecular weight is 400 g/mol. The lowest BCUT2D eigenvalue weighted by molar-refractivity contribution is 0.216. The largest absolute Gasteiger partial charge is 0.0922 e. The fraction of sp³-hybridized carbons (Fsp3) is 0.667. The second-order valence-electron chi connectivity index (χ2n) is 7.07. The van der Waals surface area contributed by atoms with Crippen molar-refractivity contribution in [2.75, 3.05) is 10.7 Å². The van der Waals surface area contributed by atoms with E-state index < -0.39 is 0 Å². The van der Waals surface area contributed by atoms with E-state index in [1.165, 1.54) is 44.1 Å². The number of halogens is 2. The predicted octanol–water partition coefficient (Wildman–Crippen LogP) is 5.83. The predicted molar refractivity (Wildman–Crippen MR) is 93.7 cm³/mol. The zero-order chi connectivity index (χ0) is 14.0. The van der Waals surface area contributed by atoms with Crippen LogP contribution in [0.4, 0.5) is 0 Å². The van der Waals surface area contributed by atoms with Crippen LogP contribution in [0.5, 0.6) is 0 Å². The van der Waals surface area contributed by atoms with Gasteiger partial charge in [-0.25, -0.2) is 0 Å². The molecule has 3 unspecified atom stereocenters. The molecule has 3 rings (SSSR count). The lowest BCUT2D eigenvalue weighted by atomic mass is 9.73. The minimum atomic E-state index is 0.385. The van der Waals surface area contributed by atoms with Gasteiger partial charge in [0.2, 0.25) is 0 Å². The summed E-state index contributed by atoms with van der Waals surface area (Å²) in [5.74, 6) is 3.07. The molecule has 0 amide bonds.